The molecule has 1 saturated heterocycles. The smallest absolute Gasteiger partial charge is 0.407 e. The minimum Gasteiger partial charge on any atom is -0.481 e. The summed E-state index contributed by atoms with van der Waals surface area (Å²) in [5, 5.41) is 12.4. The first kappa shape index (κ1) is 23.8. The van der Waals surface area contributed by atoms with Crippen LogP contribution in [0, 0.1) is 11.3 Å². The van der Waals surface area contributed by atoms with Crippen molar-refractivity contribution in [2.24, 2.45) is 11.3 Å². The van der Waals surface area contributed by atoms with Gasteiger partial charge in [-0.2, -0.15) is 0 Å². The number of benzene rings is 2. The van der Waals surface area contributed by atoms with Gasteiger partial charge in [-0.25, -0.2) is 4.79 Å². The number of hydrogen-bond acceptors (Lipinski definition) is 4. The van der Waals surface area contributed by atoms with Crippen LogP contribution in [0.4, 0.5) is 4.79 Å². The number of carboxylic acids is 1. The molecule has 2 aliphatic rings. The van der Waals surface area contributed by atoms with E-state index in [0.717, 1.165) is 22.3 Å². The fraction of sp³-hybridized carbons (Fsp3) is 0.444. The molecule has 0 bridgehead atoms. The molecule has 4 rings (SSSR count). The molecule has 2 aromatic rings. The second-order valence-electron chi connectivity index (χ2n) is 10.4. The molecule has 0 saturated carbocycles. The van der Waals surface area contributed by atoms with Gasteiger partial charge in [0.05, 0.1) is 5.41 Å². The highest BCUT2D eigenvalue weighted by Gasteiger charge is 2.48. The molecule has 0 unspecified atom stereocenters. The lowest BCUT2D eigenvalue weighted by molar-refractivity contribution is -0.149. The minimum atomic E-state index is -0.958. The van der Waals surface area contributed by atoms with Crippen molar-refractivity contribution in [1.82, 2.24) is 10.2 Å². The number of rotatable bonds is 6. The molecule has 2 atom stereocenters. The molecule has 1 heterocycles. The summed E-state index contributed by atoms with van der Waals surface area (Å²) in [5.41, 5.74) is 2.79. The van der Waals surface area contributed by atoms with Crippen molar-refractivity contribution in [3.8, 4) is 11.1 Å². The van der Waals surface area contributed by atoms with Gasteiger partial charge >= 0.3 is 12.1 Å². The molecule has 1 aliphatic heterocycles. The SMILES string of the molecule is C[C@@H]1CN(C(=O)CC(C)(C)NC(=O)OCC2c3ccccc3-c3ccccc32)C[C@@]1(C)C(=O)O. The highest BCUT2D eigenvalue weighted by molar-refractivity contribution is 5.82. The molecule has 0 radical (unpaired) electrons. The third kappa shape index (κ3) is 4.39. The molecular formula is C27H32N2O5. The number of alkyl carbamates (subject to hydrolysis) is 1. The van der Waals surface area contributed by atoms with Crippen LogP contribution in [0.5, 0.6) is 0 Å². The Hall–Kier alpha value is -3.35. The van der Waals surface area contributed by atoms with Gasteiger partial charge in [0.15, 0.2) is 0 Å². The van der Waals surface area contributed by atoms with Gasteiger partial charge in [-0.3, -0.25) is 9.59 Å². The predicted molar refractivity (Wildman–Crippen MR) is 128 cm³/mol. The largest absolute Gasteiger partial charge is 0.481 e. The average molecular weight is 465 g/mol. The Morgan fingerprint density at radius 2 is 1.65 bits per heavy atom. The van der Waals surface area contributed by atoms with Gasteiger partial charge in [-0.15, -0.1) is 0 Å². The summed E-state index contributed by atoms with van der Waals surface area (Å²) in [7, 11) is 0. The van der Waals surface area contributed by atoms with E-state index in [1.54, 1.807) is 25.7 Å². The van der Waals surface area contributed by atoms with Crippen molar-refractivity contribution in [2.75, 3.05) is 19.7 Å². The number of likely N-dealkylation sites (tertiary alicyclic amines) is 1. The molecule has 0 aromatic heterocycles. The van der Waals surface area contributed by atoms with Crippen LogP contribution in [0.3, 0.4) is 0 Å². The van der Waals surface area contributed by atoms with Crippen LogP contribution in [0.15, 0.2) is 48.5 Å². The maximum atomic E-state index is 12.9. The number of fused-ring (bicyclic) bond motifs is 3. The molecule has 2 aromatic carbocycles. The van der Waals surface area contributed by atoms with Crippen LogP contribution in [-0.2, 0) is 14.3 Å². The lowest BCUT2D eigenvalue weighted by Gasteiger charge is -2.28. The zero-order valence-corrected chi connectivity index (χ0v) is 20.1. The van der Waals surface area contributed by atoms with Crippen molar-refractivity contribution in [2.45, 2.75) is 45.6 Å². The minimum absolute atomic E-state index is 0.0392. The molecule has 2 N–H and O–H groups in total. The molecule has 0 spiro atoms. The normalized spacial score (nSPS) is 21.6. The summed E-state index contributed by atoms with van der Waals surface area (Å²) < 4.78 is 5.61. The number of amides is 2. The number of carbonyl (C=O) groups excluding carboxylic acids is 2. The van der Waals surface area contributed by atoms with E-state index in [1.165, 1.54) is 0 Å². The number of carbonyl (C=O) groups is 3. The van der Waals surface area contributed by atoms with Gasteiger partial charge in [-0.05, 0) is 48.9 Å². The van der Waals surface area contributed by atoms with Crippen LogP contribution < -0.4 is 5.32 Å². The standard InChI is InChI=1S/C27H32N2O5/c1-17-14-29(16-27(17,4)24(31)32)23(30)13-26(2,3)28-25(33)34-15-22-20-11-7-5-9-18(20)19-10-6-8-12-21(19)22/h5-12,17,22H,13-16H2,1-4H3,(H,28,33)(H,31,32)/t17-,27-/m1/s1. The number of hydrogen-bond donors (Lipinski definition) is 2. The summed E-state index contributed by atoms with van der Waals surface area (Å²) in [6.45, 7) is 7.82. The van der Waals surface area contributed by atoms with Crippen molar-refractivity contribution in [3.05, 3.63) is 59.7 Å². The Kier molecular flexibility index (Phi) is 6.14. The number of carboxylic acid groups (broad SMARTS) is 1. The molecular weight excluding hydrogens is 432 g/mol. The number of aliphatic carboxylic acids is 1. The lowest BCUT2D eigenvalue weighted by Crippen LogP contribution is -2.48. The van der Waals surface area contributed by atoms with E-state index >= 15 is 0 Å². The highest BCUT2D eigenvalue weighted by Crippen LogP contribution is 2.44. The first-order valence-electron chi connectivity index (χ1n) is 11.7. The third-order valence-electron chi connectivity index (χ3n) is 7.32. The van der Waals surface area contributed by atoms with Crippen LogP contribution in [-0.4, -0.2) is 53.2 Å². The number of ether oxygens (including phenoxy) is 1. The van der Waals surface area contributed by atoms with Gasteiger partial charge < -0.3 is 20.1 Å². The average Bonchev–Trinajstić information content (AvgIpc) is 3.27. The first-order chi connectivity index (χ1) is 16.0. The second-order valence-corrected chi connectivity index (χ2v) is 10.4. The van der Waals surface area contributed by atoms with E-state index in [0.29, 0.717) is 6.54 Å². The van der Waals surface area contributed by atoms with Crippen LogP contribution in [0.1, 0.15) is 51.2 Å². The number of nitrogens with one attached hydrogen (secondary N) is 1. The summed E-state index contributed by atoms with van der Waals surface area (Å²) in [6, 6.07) is 16.3. The lowest BCUT2D eigenvalue weighted by atomic mass is 9.81. The van der Waals surface area contributed by atoms with E-state index < -0.39 is 23.0 Å². The second kappa shape index (κ2) is 8.78. The Morgan fingerprint density at radius 3 is 2.18 bits per heavy atom. The third-order valence-corrected chi connectivity index (χ3v) is 7.32. The Morgan fingerprint density at radius 1 is 1.09 bits per heavy atom. The fourth-order valence-electron chi connectivity index (χ4n) is 5.06. The summed E-state index contributed by atoms with van der Waals surface area (Å²) >= 11 is 0. The molecule has 34 heavy (non-hydrogen) atoms. The molecule has 7 heteroatoms. The van der Waals surface area contributed by atoms with E-state index in [9.17, 15) is 19.5 Å². The Bertz CT molecular complexity index is 1080. The summed E-state index contributed by atoms with van der Waals surface area (Å²) in [6.07, 6.45) is -0.524. The van der Waals surface area contributed by atoms with E-state index in [4.69, 9.17) is 4.74 Å². The predicted octanol–water partition coefficient (Wildman–Crippen LogP) is 4.26. The Balaban J connectivity index is 1.35. The molecule has 1 aliphatic carbocycles. The molecule has 7 nitrogen and oxygen atoms in total. The molecule has 2 amide bonds. The van der Waals surface area contributed by atoms with E-state index in [2.05, 4.69) is 29.6 Å². The molecule has 180 valence electrons. The fourth-order valence-corrected chi connectivity index (χ4v) is 5.06. The van der Waals surface area contributed by atoms with Gasteiger partial charge in [0.25, 0.3) is 0 Å². The van der Waals surface area contributed by atoms with Gasteiger partial charge in [-0.1, -0.05) is 55.5 Å². The number of nitrogens with zero attached hydrogens (tertiary/aromatic N) is 1. The van der Waals surface area contributed by atoms with Crippen molar-refractivity contribution < 1.29 is 24.2 Å². The van der Waals surface area contributed by atoms with E-state index in [1.807, 2.05) is 31.2 Å². The van der Waals surface area contributed by atoms with Crippen LogP contribution in [0.2, 0.25) is 0 Å². The van der Waals surface area contributed by atoms with Gasteiger partial charge in [0, 0.05) is 31.0 Å². The van der Waals surface area contributed by atoms with Gasteiger partial charge in [0.1, 0.15) is 6.61 Å². The van der Waals surface area contributed by atoms with Crippen molar-refractivity contribution in [3.63, 3.8) is 0 Å². The first-order valence-corrected chi connectivity index (χ1v) is 11.7. The monoisotopic (exact) mass is 464 g/mol. The van der Waals surface area contributed by atoms with Crippen molar-refractivity contribution >= 4 is 18.0 Å². The molecule has 1 fully saturated rings. The highest BCUT2D eigenvalue weighted by atomic mass is 16.5. The van der Waals surface area contributed by atoms with Crippen LogP contribution >= 0.6 is 0 Å². The zero-order chi connectivity index (χ0) is 24.7. The quantitative estimate of drug-likeness (QED) is 0.666. The zero-order valence-electron chi connectivity index (χ0n) is 20.1. The topological polar surface area (TPSA) is 95.9 Å². The summed E-state index contributed by atoms with van der Waals surface area (Å²) in [4.78, 5) is 38.8. The Labute approximate surface area is 200 Å². The maximum absolute atomic E-state index is 12.9. The van der Waals surface area contributed by atoms with Crippen molar-refractivity contribution in [1.29, 1.82) is 0 Å². The van der Waals surface area contributed by atoms with Crippen LogP contribution in [0.25, 0.3) is 11.1 Å². The van der Waals surface area contributed by atoms with Gasteiger partial charge in [0.2, 0.25) is 5.91 Å². The summed E-state index contributed by atoms with van der Waals surface area (Å²) in [5.74, 6) is -1.26. The maximum Gasteiger partial charge on any atom is 0.407 e. The van der Waals surface area contributed by atoms with E-state index in [-0.39, 0.29) is 37.3 Å².